The summed E-state index contributed by atoms with van der Waals surface area (Å²) in [5, 5.41) is 0. The largest absolute Gasteiger partial charge is 0.466 e. The molecule has 1 rings (SSSR count). The first-order valence-corrected chi connectivity index (χ1v) is 5.55. The lowest BCUT2D eigenvalue weighted by Crippen LogP contribution is -2.25. The van der Waals surface area contributed by atoms with Gasteiger partial charge >= 0.3 is 5.97 Å². The molecule has 0 aromatic rings. The predicted molar refractivity (Wildman–Crippen MR) is 55.3 cm³/mol. The van der Waals surface area contributed by atoms with Gasteiger partial charge in [-0.3, -0.25) is 4.79 Å². The van der Waals surface area contributed by atoms with Crippen LogP contribution < -0.4 is 0 Å². The van der Waals surface area contributed by atoms with Crippen LogP contribution in [-0.4, -0.2) is 32.1 Å². The molecule has 1 saturated heterocycles. The molecule has 0 spiro atoms. The first kappa shape index (κ1) is 12.5. The smallest absolute Gasteiger partial charge is 0.302 e. The monoisotopic (exact) mass is 216 g/mol. The number of hydrogen-bond donors (Lipinski definition) is 0. The first-order valence-electron chi connectivity index (χ1n) is 5.55. The second kappa shape index (κ2) is 6.80. The van der Waals surface area contributed by atoms with E-state index in [9.17, 15) is 4.79 Å². The van der Waals surface area contributed by atoms with Crippen molar-refractivity contribution >= 4 is 5.97 Å². The zero-order chi connectivity index (χ0) is 11.1. The third-order valence-electron chi connectivity index (χ3n) is 2.28. The first-order chi connectivity index (χ1) is 7.18. The van der Waals surface area contributed by atoms with Crippen LogP contribution >= 0.6 is 0 Å². The van der Waals surface area contributed by atoms with Gasteiger partial charge in [-0.15, -0.1) is 0 Å². The van der Waals surface area contributed by atoms with E-state index in [4.69, 9.17) is 14.2 Å². The third-order valence-corrected chi connectivity index (χ3v) is 2.28. The van der Waals surface area contributed by atoms with Crippen LogP contribution in [0, 0.1) is 5.92 Å². The SMILES string of the molecule is CC(=O)OCC(C)COC1CCCCO1. The molecule has 0 aromatic heterocycles. The van der Waals surface area contributed by atoms with Crippen molar-refractivity contribution in [1.29, 1.82) is 0 Å². The third kappa shape index (κ3) is 5.74. The fourth-order valence-corrected chi connectivity index (χ4v) is 1.42. The van der Waals surface area contributed by atoms with Gasteiger partial charge in [-0.05, 0) is 19.3 Å². The summed E-state index contributed by atoms with van der Waals surface area (Å²) in [5.74, 6) is -0.0183. The van der Waals surface area contributed by atoms with Crippen molar-refractivity contribution in [3.05, 3.63) is 0 Å². The van der Waals surface area contributed by atoms with E-state index in [1.165, 1.54) is 13.3 Å². The van der Waals surface area contributed by atoms with Crippen molar-refractivity contribution in [3.8, 4) is 0 Å². The highest BCUT2D eigenvalue weighted by molar-refractivity contribution is 5.65. The van der Waals surface area contributed by atoms with Gasteiger partial charge in [0, 0.05) is 19.4 Å². The highest BCUT2D eigenvalue weighted by Crippen LogP contribution is 2.14. The van der Waals surface area contributed by atoms with Gasteiger partial charge in [0.2, 0.25) is 0 Å². The zero-order valence-corrected chi connectivity index (χ0v) is 9.53. The van der Waals surface area contributed by atoms with Crippen LogP contribution in [0.25, 0.3) is 0 Å². The Hall–Kier alpha value is -0.610. The highest BCUT2D eigenvalue weighted by atomic mass is 16.7. The average molecular weight is 216 g/mol. The van der Waals surface area contributed by atoms with E-state index < -0.39 is 0 Å². The summed E-state index contributed by atoms with van der Waals surface area (Å²) in [6.07, 6.45) is 3.21. The second-order valence-corrected chi connectivity index (χ2v) is 4.04. The predicted octanol–water partition coefficient (Wildman–Crippen LogP) is 1.73. The molecule has 0 N–H and O–H groups in total. The Labute approximate surface area is 90.9 Å². The van der Waals surface area contributed by atoms with Crippen LogP contribution in [0.1, 0.15) is 33.1 Å². The van der Waals surface area contributed by atoms with E-state index in [-0.39, 0.29) is 18.2 Å². The number of carbonyl (C=O) groups is 1. The summed E-state index contributed by atoms with van der Waals surface area (Å²) in [7, 11) is 0. The molecule has 15 heavy (non-hydrogen) atoms. The van der Waals surface area contributed by atoms with Crippen LogP contribution in [0.5, 0.6) is 0 Å². The molecular weight excluding hydrogens is 196 g/mol. The fourth-order valence-electron chi connectivity index (χ4n) is 1.42. The summed E-state index contributed by atoms with van der Waals surface area (Å²) in [6.45, 7) is 5.20. The van der Waals surface area contributed by atoms with Gasteiger partial charge in [-0.25, -0.2) is 0 Å². The summed E-state index contributed by atoms with van der Waals surface area (Å²) < 4.78 is 15.9. The van der Waals surface area contributed by atoms with Gasteiger partial charge < -0.3 is 14.2 Å². The zero-order valence-electron chi connectivity index (χ0n) is 9.53. The van der Waals surface area contributed by atoms with Crippen molar-refractivity contribution in [3.63, 3.8) is 0 Å². The molecule has 0 aliphatic carbocycles. The summed E-state index contributed by atoms with van der Waals surface area (Å²) in [4.78, 5) is 10.6. The maximum absolute atomic E-state index is 10.6. The maximum Gasteiger partial charge on any atom is 0.302 e. The molecule has 0 bridgehead atoms. The molecular formula is C11H20O4. The lowest BCUT2D eigenvalue weighted by Gasteiger charge is -2.24. The van der Waals surface area contributed by atoms with E-state index in [2.05, 4.69) is 0 Å². The lowest BCUT2D eigenvalue weighted by molar-refractivity contribution is -0.171. The van der Waals surface area contributed by atoms with Gasteiger partial charge in [0.05, 0.1) is 13.2 Å². The summed E-state index contributed by atoms with van der Waals surface area (Å²) in [5.41, 5.74) is 0. The molecule has 2 unspecified atom stereocenters. The van der Waals surface area contributed by atoms with Crippen molar-refractivity contribution in [2.75, 3.05) is 19.8 Å². The standard InChI is InChI=1S/C11H20O4/c1-9(7-14-10(2)12)8-15-11-5-3-4-6-13-11/h9,11H,3-8H2,1-2H3. The summed E-state index contributed by atoms with van der Waals surface area (Å²) >= 11 is 0. The fraction of sp³-hybridized carbons (Fsp3) is 0.909. The van der Waals surface area contributed by atoms with Crippen LogP contribution in [0.4, 0.5) is 0 Å². The Bertz CT molecular complexity index is 187. The number of rotatable bonds is 5. The normalized spacial score (nSPS) is 23.5. The second-order valence-electron chi connectivity index (χ2n) is 4.04. The van der Waals surface area contributed by atoms with Crippen molar-refractivity contribution in [1.82, 2.24) is 0 Å². The molecule has 1 aliphatic heterocycles. The van der Waals surface area contributed by atoms with E-state index in [0.29, 0.717) is 13.2 Å². The Morgan fingerprint density at radius 3 is 2.87 bits per heavy atom. The minimum Gasteiger partial charge on any atom is -0.466 e. The molecule has 1 heterocycles. The van der Waals surface area contributed by atoms with Crippen molar-refractivity contribution < 1.29 is 19.0 Å². The average Bonchev–Trinajstić information content (AvgIpc) is 2.25. The Balaban J connectivity index is 2.04. The molecule has 0 radical (unpaired) electrons. The van der Waals surface area contributed by atoms with Crippen LogP contribution in [0.15, 0.2) is 0 Å². The van der Waals surface area contributed by atoms with E-state index in [1.54, 1.807) is 0 Å². The van der Waals surface area contributed by atoms with Gasteiger partial charge in [0.15, 0.2) is 6.29 Å². The van der Waals surface area contributed by atoms with Gasteiger partial charge in [-0.2, -0.15) is 0 Å². The van der Waals surface area contributed by atoms with E-state index >= 15 is 0 Å². The maximum atomic E-state index is 10.6. The Morgan fingerprint density at radius 1 is 1.47 bits per heavy atom. The van der Waals surface area contributed by atoms with Crippen LogP contribution in [0.2, 0.25) is 0 Å². The molecule has 0 saturated carbocycles. The molecule has 88 valence electrons. The van der Waals surface area contributed by atoms with Gasteiger partial charge in [0.1, 0.15) is 0 Å². The van der Waals surface area contributed by atoms with Crippen molar-refractivity contribution in [2.24, 2.45) is 5.92 Å². The molecule has 4 nitrogen and oxygen atoms in total. The molecule has 0 aromatic carbocycles. The highest BCUT2D eigenvalue weighted by Gasteiger charge is 2.15. The van der Waals surface area contributed by atoms with Crippen molar-refractivity contribution in [2.45, 2.75) is 39.4 Å². The topological polar surface area (TPSA) is 44.8 Å². The molecule has 1 aliphatic rings. The number of esters is 1. The number of carbonyl (C=O) groups excluding carboxylic acids is 1. The quantitative estimate of drug-likeness (QED) is 0.656. The van der Waals surface area contributed by atoms with Crippen LogP contribution in [-0.2, 0) is 19.0 Å². The lowest BCUT2D eigenvalue weighted by atomic mass is 10.2. The van der Waals surface area contributed by atoms with Gasteiger partial charge in [-0.1, -0.05) is 6.92 Å². The Kier molecular flexibility index (Phi) is 5.65. The minimum absolute atomic E-state index is 0.0569. The van der Waals surface area contributed by atoms with Crippen LogP contribution in [0.3, 0.4) is 0 Å². The minimum atomic E-state index is -0.240. The van der Waals surface area contributed by atoms with E-state index in [0.717, 1.165) is 19.4 Å². The molecule has 2 atom stereocenters. The number of hydrogen-bond acceptors (Lipinski definition) is 4. The number of ether oxygens (including phenoxy) is 3. The molecule has 4 heteroatoms. The van der Waals surface area contributed by atoms with Gasteiger partial charge in [0.25, 0.3) is 0 Å². The summed E-state index contributed by atoms with van der Waals surface area (Å²) in [6, 6.07) is 0. The van der Waals surface area contributed by atoms with E-state index in [1.807, 2.05) is 6.92 Å². The molecule has 1 fully saturated rings. The molecule has 0 amide bonds. The Morgan fingerprint density at radius 2 is 2.27 bits per heavy atom.